The summed E-state index contributed by atoms with van der Waals surface area (Å²) in [5.74, 6) is 1.07. The molecule has 42 heavy (non-hydrogen) atoms. The maximum Gasteiger partial charge on any atom is 0.261 e. The first-order valence-corrected chi connectivity index (χ1v) is 16.5. The zero-order valence-electron chi connectivity index (χ0n) is 22.7. The maximum absolute atomic E-state index is 12.7. The van der Waals surface area contributed by atoms with E-state index in [-0.39, 0.29) is 10.8 Å². The molecule has 0 saturated heterocycles. The summed E-state index contributed by atoms with van der Waals surface area (Å²) in [5, 5.41) is 0. The molecular formula is C35H27ClN2O3S. The van der Waals surface area contributed by atoms with Crippen LogP contribution in [0.5, 0.6) is 11.5 Å². The van der Waals surface area contributed by atoms with Crippen LogP contribution in [0, 0.1) is 0 Å². The Morgan fingerprint density at radius 3 is 1.67 bits per heavy atom. The zero-order chi connectivity index (χ0) is 28.4. The molecule has 0 spiro atoms. The number of ether oxygens (including phenoxy) is 1. The van der Waals surface area contributed by atoms with Gasteiger partial charge in [-0.15, -0.1) is 0 Å². The Morgan fingerprint density at radius 1 is 0.619 bits per heavy atom. The second-order valence-electron chi connectivity index (χ2n) is 11.0. The van der Waals surface area contributed by atoms with E-state index in [9.17, 15) is 8.42 Å². The van der Waals surface area contributed by atoms with Crippen LogP contribution in [0.25, 0.3) is 0 Å². The lowest BCUT2D eigenvalue weighted by molar-refractivity contribution is 0.452. The van der Waals surface area contributed by atoms with Gasteiger partial charge in [-0.3, -0.25) is 0 Å². The molecule has 0 unspecified atom stereocenters. The van der Waals surface area contributed by atoms with Gasteiger partial charge in [0.2, 0.25) is 0 Å². The van der Waals surface area contributed by atoms with E-state index < -0.39 is 9.05 Å². The van der Waals surface area contributed by atoms with Crippen molar-refractivity contribution < 1.29 is 13.2 Å². The van der Waals surface area contributed by atoms with E-state index in [1.165, 1.54) is 22.5 Å². The molecule has 5 nitrogen and oxygen atoms in total. The molecule has 0 saturated carbocycles. The van der Waals surface area contributed by atoms with E-state index in [4.69, 9.17) is 15.4 Å². The van der Waals surface area contributed by atoms with Gasteiger partial charge in [0.15, 0.2) is 0 Å². The summed E-state index contributed by atoms with van der Waals surface area (Å²) >= 11 is 0. The molecule has 7 heteroatoms. The lowest BCUT2D eigenvalue weighted by atomic mass is 9.82. The van der Waals surface area contributed by atoms with Crippen LogP contribution < -0.4 is 14.5 Å². The number of hydrogen-bond donors (Lipinski definition) is 0. The van der Waals surface area contributed by atoms with Gasteiger partial charge in [0.05, 0.1) is 4.90 Å². The van der Waals surface area contributed by atoms with Crippen LogP contribution in [0.2, 0.25) is 0 Å². The van der Waals surface area contributed by atoms with Crippen molar-refractivity contribution in [2.45, 2.75) is 23.7 Å². The molecular weight excluding hydrogens is 564 g/mol. The summed E-state index contributed by atoms with van der Waals surface area (Å²) in [6.45, 7) is 1.79. The van der Waals surface area contributed by atoms with Crippen molar-refractivity contribution >= 4 is 42.5 Å². The molecule has 0 amide bonds. The van der Waals surface area contributed by atoms with E-state index in [1.54, 1.807) is 12.1 Å². The largest absolute Gasteiger partial charge is 0.457 e. The summed E-state index contributed by atoms with van der Waals surface area (Å²) in [6, 6.07) is 36.5. The van der Waals surface area contributed by atoms with Gasteiger partial charge in [-0.05, 0) is 59.9 Å². The topological polar surface area (TPSA) is 49.9 Å². The zero-order valence-corrected chi connectivity index (χ0v) is 24.3. The highest BCUT2D eigenvalue weighted by Crippen LogP contribution is 2.52. The van der Waals surface area contributed by atoms with E-state index in [0.29, 0.717) is 5.56 Å². The van der Waals surface area contributed by atoms with Crippen LogP contribution in [-0.4, -0.2) is 21.5 Å². The van der Waals surface area contributed by atoms with Gasteiger partial charge in [-0.1, -0.05) is 66.7 Å². The van der Waals surface area contributed by atoms with Crippen LogP contribution >= 0.6 is 10.7 Å². The van der Waals surface area contributed by atoms with E-state index in [2.05, 4.69) is 94.7 Å². The number of benzene rings is 5. The molecule has 3 aliphatic heterocycles. The molecule has 0 atom stereocenters. The summed E-state index contributed by atoms with van der Waals surface area (Å²) in [6.07, 6.45) is 1.97. The summed E-state index contributed by atoms with van der Waals surface area (Å²) in [4.78, 5) is 4.75. The number of fused-ring (bicyclic) bond motifs is 4. The number of anilines is 4. The van der Waals surface area contributed by atoms with Crippen LogP contribution in [0.3, 0.4) is 0 Å². The SMILES string of the molecule is O=S(=O)(Cl)c1ccccc1C1c2ccc(N3CCc4ccccc43)cc2Oc2cc(N3CCc4ccccc43)ccc21. The average molecular weight is 591 g/mol. The van der Waals surface area contributed by atoms with Crippen molar-refractivity contribution in [3.05, 3.63) is 137 Å². The second kappa shape index (κ2) is 9.65. The van der Waals surface area contributed by atoms with Crippen LogP contribution in [0.4, 0.5) is 22.7 Å². The summed E-state index contributed by atoms with van der Waals surface area (Å²) in [7, 11) is 2.00. The van der Waals surface area contributed by atoms with Crippen molar-refractivity contribution in [3.8, 4) is 11.5 Å². The molecule has 0 aliphatic carbocycles. The number of para-hydroxylation sites is 2. The fourth-order valence-electron chi connectivity index (χ4n) is 6.81. The van der Waals surface area contributed by atoms with Crippen molar-refractivity contribution in [2.75, 3.05) is 22.9 Å². The van der Waals surface area contributed by atoms with Crippen molar-refractivity contribution in [3.63, 3.8) is 0 Å². The highest BCUT2D eigenvalue weighted by molar-refractivity contribution is 8.13. The fourth-order valence-corrected chi connectivity index (χ4v) is 7.94. The number of hydrogen-bond acceptors (Lipinski definition) is 5. The fraction of sp³-hybridized carbons (Fsp3) is 0.143. The minimum Gasteiger partial charge on any atom is -0.457 e. The maximum atomic E-state index is 12.7. The Morgan fingerprint density at radius 2 is 1.12 bits per heavy atom. The molecule has 0 N–H and O–H groups in total. The molecule has 3 heterocycles. The van der Waals surface area contributed by atoms with Crippen molar-refractivity contribution in [2.24, 2.45) is 0 Å². The molecule has 5 aromatic rings. The van der Waals surface area contributed by atoms with Gasteiger partial charge in [-0.2, -0.15) is 0 Å². The van der Waals surface area contributed by atoms with Gasteiger partial charge in [0.25, 0.3) is 9.05 Å². The number of nitrogens with zero attached hydrogens (tertiary/aromatic N) is 2. The Kier molecular flexibility index (Phi) is 5.85. The third-order valence-electron chi connectivity index (χ3n) is 8.73. The monoisotopic (exact) mass is 590 g/mol. The predicted molar refractivity (Wildman–Crippen MR) is 168 cm³/mol. The Hall–Kier alpha value is -4.26. The van der Waals surface area contributed by atoms with Gasteiger partial charge >= 0.3 is 0 Å². The van der Waals surface area contributed by atoms with E-state index in [0.717, 1.165) is 59.9 Å². The minimum atomic E-state index is -3.98. The van der Waals surface area contributed by atoms with Crippen molar-refractivity contribution in [1.82, 2.24) is 0 Å². The second-order valence-corrected chi connectivity index (χ2v) is 13.6. The predicted octanol–water partition coefficient (Wildman–Crippen LogP) is 8.29. The molecule has 0 bridgehead atoms. The smallest absolute Gasteiger partial charge is 0.261 e. The Balaban J connectivity index is 1.28. The highest BCUT2D eigenvalue weighted by Gasteiger charge is 2.34. The van der Waals surface area contributed by atoms with Crippen LogP contribution in [0.1, 0.15) is 33.7 Å². The molecule has 0 radical (unpaired) electrons. The normalized spacial score (nSPS) is 15.5. The molecule has 3 aliphatic rings. The molecule has 5 aromatic carbocycles. The lowest BCUT2D eigenvalue weighted by Crippen LogP contribution is -2.18. The van der Waals surface area contributed by atoms with Crippen LogP contribution in [0.15, 0.2) is 114 Å². The lowest BCUT2D eigenvalue weighted by Gasteiger charge is -2.32. The molecule has 0 aromatic heterocycles. The highest BCUT2D eigenvalue weighted by atomic mass is 35.7. The molecule has 0 fully saturated rings. The Labute approximate surface area is 250 Å². The third kappa shape index (κ3) is 4.09. The standard InChI is InChI=1S/C35H27ClN2O3S/c36-42(39,40)34-12-6-3-9-29(34)35-27-15-13-25(37-19-17-23-7-1-4-10-30(23)37)21-32(27)41-33-22-26(14-16-28(33)35)38-20-18-24-8-2-5-11-31(24)38/h1-16,21-22,35H,17-20H2. The number of halogens is 1. The quantitative estimate of drug-likeness (QED) is 0.193. The van der Waals surface area contributed by atoms with E-state index in [1.807, 2.05) is 12.1 Å². The summed E-state index contributed by atoms with van der Waals surface area (Å²) < 4.78 is 32.2. The summed E-state index contributed by atoms with van der Waals surface area (Å²) in [5.41, 5.74) is 9.62. The van der Waals surface area contributed by atoms with Gasteiger partial charge in [0.1, 0.15) is 11.5 Å². The first kappa shape index (κ1) is 25.5. The van der Waals surface area contributed by atoms with Gasteiger partial charge in [-0.25, -0.2) is 8.42 Å². The Bertz CT molecular complexity index is 1890. The van der Waals surface area contributed by atoms with E-state index >= 15 is 0 Å². The van der Waals surface area contributed by atoms with Crippen LogP contribution in [-0.2, 0) is 21.9 Å². The average Bonchev–Trinajstić information content (AvgIpc) is 3.64. The van der Waals surface area contributed by atoms with Gasteiger partial charge in [0, 0.05) is 75.7 Å². The third-order valence-corrected chi connectivity index (χ3v) is 10.1. The van der Waals surface area contributed by atoms with Crippen molar-refractivity contribution in [1.29, 1.82) is 0 Å². The minimum absolute atomic E-state index is 0.116. The van der Waals surface area contributed by atoms with Gasteiger partial charge < -0.3 is 14.5 Å². The number of rotatable bonds is 4. The first-order chi connectivity index (χ1) is 20.5. The molecule has 208 valence electrons. The molecule has 8 rings (SSSR count). The first-order valence-electron chi connectivity index (χ1n) is 14.2.